The van der Waals surface area contributed by atoms with Gasteiger partial charge in [-0.15, -0.1) is 0 Å². The summed E-state index contributed by atoms with van der Waals surface area (Å²) < 4.78 is 59.1. The normalized spacial score (nSPS) is 13.5. The van der Waals surface area contributed by atoms with E-state index in [2.05, 4.69) is 4.98 Å². The predicted octanol–water partition coefficient (Wildman–Crippen LogP) is 5.07. The number of anilines is 1. The second-order valence-corrected chi connectivity index (χ2v) is 6.28. The Kier molecular flexibility index (Phi) is 4.54. The first kappa shape index (κ1) is 18.1. The highest BCUT2D eigenvalue weighted by atomic mass is 19.4. The first-order chi connectivity index (χ1) is 13.4. The summed E-state index contributed by atoms with van der Waals surface area (Å²) in [5.74, 6) is 0.860. The van der Waals surface area contributed by atoms with Gasteiger partial charge in [0, 0.05) is 18.1 Å². The van der Waals surface area contributed by atoms with Gasteiger partial charge in [0.15, 0.2) is 0 Å². The second kappa shape index (κ2) is 7.03. The van der Waals surface area contributed by atoms with E-state index in [-0.39, 0.29) is 12.4 Å². The van der Waals surface area contributed by atoms with E-state index in [1.807, 2.05) is 4.57 Å². The molecule has 8 heteroatoms. The van der Waals surface area contributed by atoms with Crippen LogP contribution in [0.5, 0.6) is 5.75 Å². The lowest BCUT2D eigenvalue weighted by Gasteiger charge is -2.25. The number of nitrogens with zero attached hydrogens (tertiary/aromatic N) is 3. The zero-order chi connectivity index (χ0) is 19.7. The molecule has 28 heavy (non-hydrogen) atoms. The third-order valence-corrected chi connectivity index (χ3v) is 4.27. The summed E-state index contributed by atoms with van der Waals surface area (Å²) in [5.41, 5.74) is 0.410. The van der Waals surface area contributed by atoms with Crippen LogP contribution in [0.2, 0.25) is 0 Å². The van der Waals surface area contributed by atoms with Crippen molar-refractivity contribution in [1.29, 1.82) is 0 Å². The Labute approximate surface area is 158 Å². The third kappa shape index (κ3) is 3.85. The molecular weight excluding hydrogens is 374 g/mol. The van der Waals surface area contributed by atoms with Crippen molar-refractivity contribution in [3.05, 3.63) is 83.8 Å². The van der Waals surface area contributed by atoms with E-state index in [9.17, 15) is 17.6 Å². The average molecular weight is 389 g/mol. The number of hydrogen-bond acceptors (Lipinski definition) is 3. The first-order valence-corrected chi connectivity index (χ1v) is 8.45. The minimum absolute atomic E-state index is 0.197. The van der Waals surface area contributed by atoms with E-state index in [1.54, 1.807) is 29.4 Å². The molecule has 0 radical (unpaired) electrons. The Balaban J connectivity index is 1.47. The molecule has 1 aromatic heterocycles. The van der Waals surface area contributed by atoms with E-state index in [0.29, 0.717) is 29.6 Å². The van der Waals surface area contributed by atoms with Crippen LogP contribution in [-0.2, 0) is 19.5 Å². The molecule has 4 rings (SSSR count). The van der Waals surface area contributed by atoms with Crippen LogP contribution in [0.1, 0.15) is 17.1 Å². The molecule has 0 spiro atoms. The quantitative estimate of drug-likeness (QED) is 0.584. The molecular formula is C20H15F4N3O. The maximum absolute atomic E-state index is 12.9. The van der Waals surface area contributed by atoms with Crippen molar-refractivity contribution in [3.8, 4) is 5.75 Å². The van der Waals surface area contributed by atoms with Crippen LogP contribution < -0.4 is 9.64 Å². The highest BCUT2D eigenvalue weighted by Crippen LogP contribution is 2.32. The first-order valence-electron chi connectivity index (χ1n) is 8.45. The van der Waals surface area contributed by atoms with E-state index in [4.69, 9.17) is 4.74 Å². The Bertz CT molecular complexity index is 1010. The minimum Gasteiger partial charge on any atom is -0.487 e. The lowest BCUT2D eigenvalue weighted by atomic mass is 10.2. The lowest BCUT2D eigenvalue weighted by Crippen LogP contribution is -2.24. The zero-order valence-corrected chi connectivity index (χ0v) is 14.5. The molecule has 0 saturated heterocycles. The number of benzene rings is 2. The van der Waals surface area contributed by atoms with E-state index in [0.717, 1.165) is 12.1 Å². The van der Waals surface area contributed by atoms with Crippen LogP contribution in [0.4, 0.5) is 23.2 Å². The van der Waals surface area contributed by atoms with Gasteiger partial charge in [-0.2, -0.15) is 13.2 Å². The van der Waals surface area contributed by atoms with Crippen LogP contribution in [0.25, 0.3) is 6.08 Å². The average Bonchev–Trinajstić information content (AvgIpc) is 3.09. The Morgan fingerprint density at radius 3 is 2.61 bits per heavy atom. The molecule has 1 aliphatic heterocycles. The summed E-state index contributed by atoms with van der Waals surface area (Å²) >= 11 is 0. The van der Waals surface area contributed by atoms with Gasteiger partial charge in [0.25, 0.3) is 0 Å². The predicted molar refractivity (Wildman–Crippen MR) is 95.9 cm³/mol. The Hall–Kier alpha value is -3.29. The molecule has 144 valence electrons. The molecule has 0 amide bonds. The maximum Gasteiger partial charge on any atom is 0.416 e. The number of ether oxygens (including phenoxy) is 1. The molecule has 1 aliphatic rings. The van der Waals surface area contributed by atoms with Crippen LogP contribution in [0, 0.1) is 5.82 Å². The number of rotatable bonds is 4. The summed E-state index contributed by atoms with van der Waals surface area (Å²) in [6.07, 6.45) is 0.817. The van der Waals surface area contributed by atoms with Crippen LogP contribution in [-0.4, -0.2) is 9.55 Å². The number of alkyl halides is 3. The van der Waals surface area contributed by atoms with E-state index >= 15 is 0 Å². The highest BCUT2D eigenvalue weighted by Gasteiger charge is 2.31. The van der Waals surface area contributed by atoms with Gasteiger partial charge in [0.1, 0.15) is 30.7 Å². The van der Waals surface area contributed by atoms with Crippen molar-refractivity contribution in [2.45, 2.75) is 19.5 Å². The molecule has 4 nitrogen and oxygen atoms in total. The summed E-state index contributed by atoms with van der Waals surface area (Å²) in [6, 6.07) is 10.8. The van der Waals surface area contributed by atoms with Crippen molar-refractivity contribution in [1.82, 2.24) is 9.55 Å². The van der Waals surface area contributed by atoms with Gasteiger partial charge in [-0.25, -0.2) is 9.37 Å². The molecule has 0 unspecified atom stereocenters. The minimum atomic E-state index is -4.39. The van der Waals surface area contributed by atoms with Crippen molar-refractivity contribution >= 4 is 11.8 Å². The summed E-state index contributed by atoms with van der Waals surface area (Å²) in [4.78, 5) is 6.14. The van der Waals surface area contributed by atoms with Crippen molar-refractivity contribution in [3.63, 3.8) is 0 Å². The van der Waals surface area contributed by atoms with Gasteiger partial charge in [-0.3, -0.25) is 0 Å². The van der Waals surface area contributed by atoms with E-state index < -0.39 is 11.7 Å². The maximum atomic E-state index is 12.9. The Morgan fingerprint density at radius 2 is 1.86 bits per heavy atom. The van der Waals surface area contributed by atoms with Gasteiger partial charge in [0.05, 0.1) is 11.3 Å². The molecule has 2 heterocycles. The number of hydrogen-bond donors (Lipinski definition) is 0. The van der Waals surface area contributed by atoms with Crippen LogP contribution in [0.3, 0.4) is 0 Å². The Morgan fingerprint density at radius 1 is 1.07 bits per heavy atom. The summed E-state index contributed by atoms with van der Waals surface area (Å²) in [6.45, 7) is 0.528. The van der Waals surface area contributed by atoms with Gasteiger partial charge in [0.2, 0.25) is 0 Å². The molecule has 0 aliphatic carbocycles. The van der Waals surface area contributed by atoms with Gasteiger partial charge >= 0.3 is 6.18 Å². The number of fused-ring (bicyclic) bond motifs is 1. The summed E-state index contributed by atoms with van der Waals surface area (Å²) in [5, 5.41) is 0. The van der Waals surface area contributed by atoms with Crippen LogP contribution in [0.15, 0.2) is 60.9 Å². The third-order valence-electron chi connectivity index (χ3n) is 4.27. The van der Waals surface area contributed by atoms with Gasteiger partial charge in [-0.1, -0.05) is 6.07 Å². The lowest BCUT2D eigenvalue weighted by molar-refractivity contribution is -0.137. The molecule has 0 saturated carbocycles. The fourth-order valence-electron chi connectivity index (χ4n) is 2.89. The highest BCUT2D eigenvalue weighted by molar-refractivity contribution is 5.57. The molecule has 0 N–H and O–H groups in total. The standard InChI is InChI=1S/C20H15F4N3O/c21-15-4-6-18(7-5-15)28-12-16-11-27-13-26(9-8-19(27)25-16)17-3-1-2-14(10-17)20(22,23)24/h1-11H,12-13H2. The molecule has 0 fully saturated rings. The summed E-state index contributed by atoms with van der Waals surface area (Å²) in [7, 11) is 0. The van der Waals surface area contributed by atoms with Crippen LogP contribution >= 0.6 is 0 Å². The topological polar surface area (TPSA) is 30.3 Å². The van der Waals surface area contributed by atoms with Crippen molar-refractivity contribution in [2.24, 2.45) is 0 Å². The second-order valence-electron chi connectivity index (χ2n) is 6.28. The van der Waals surface area contributed by atoms with E-state index in [1.165, 1.54) is 30.3 Å². The zero-order valence-electron chi connectivity index (χ0n) is 14.5. The largest absolute Gasteiger partial charge is 0.487 e. The molecule has 0 bridgehead atoms. The van der Waals surface area contributed by atoms with Gasteiger partial charge < -0.3 is 14.2 Å². The smallest absolute Gasteiger partial charge is 0.416 e. The number of imidazole rings is 1. The SMILES string of the molecule is Fc1ccc(OCc2cn3c(n2)C=CN(c2cccc(C(F)(F)F)c2)C3)cc1. The van der Waals surface area contributed by atoms with Crippen molar-refractivity contribution < 1.29 is 22.3 Å². The number of aromatic nitrogens is 2. The van der Waals surface area contributed by atoms with Crippen molar-refractivity contribution in [2.75, 3.05) is 4.90 Å². The number of halogens is 4. The van der Waals surface area contributed by atoms with Gasteiger partial charge in [-0.05, 0) is 48.5 Å². The monoisotopic (exact) mass is 389 g/mol. The molecule has 0 atom stereocenters. The fraction of sp³-hybridized carbons (Fsp3) is 0.150. The fourth-order valence-corrected chi connectivity index (χ4v) is 2.89. The molecule has 2 aromatic carbocycles. The molecule has 3 aromatic rings.